The van der Waals surface area contributed by atoms with E-state index in [0.29, 0.717) is 30.6 Å². The van der Waals surface area contributed by atoms with Crippen LogP contribution >= 0.6 is 0 Å². The van der Waals surface area contributed by atoms with Gasteiger partial charge in [-0.3, -0.25) is 0 Å². The van der Waals surface area contributed by atoms with E-state index < -0.39 is 5.97 Å². The summed E-state index contributed by atoms with van der Waals surface area (Å²) in [5, 5.41) is 11.9. The van der Waals surface area contributed by atoms with Crippen molar-refractivity contribution in [2.75, 3.05) is 20.3 Å². The quantitative estimate of drug-likeness (QED) is 0.398. The van der Waals surface area contributed by atoms with Crippen molar-refractivity contribution in [1.82, 2.24) is 5.32 Å². The van der Waals surface area contributed by atoms with Gasteiger partial charge in [0.25, 0.3) is 0 Å². The summed E-state index contributed by atoms with van der Waals surface area (Å²) in [4.78, 5) is 11.5. The fourth-order valence-electron chi connectivity index (χ4n) is 1.96. The Balaban J connectivity index is 2.68. The monoisotopic (exact) mass is 346 g/mol. The maximum Gasteiger partial charge on any atom is 0.350 e. The molecule has 0 aromatic heterocycles. The zero-order valence-electron chi connectivity index (χ0n) is 15.3. The number of nitriles is 1. The average molecular weight is 346 g/mol. The van der Waals surface area contributed by atoms with Crippen LogP contribution in [0.1, 0.15) is 32.8 Å². The van der Waals surface area contributed by atoms with Crippen molar-refractivity contribution in [3.8, 4) is 17.6 Å². The first-order chi connectivity index (χ1) is 12.0. The fraction of sp³-hybridized carbons (Fsp3) is 0.474. The Morgan fingerprint density at radius 1 is 1.36 bits per heavy atom. The number of hydrogen-bond donors (Lipinski definition) is 1. The highest BCUT2D eigenvalue weighted by atomic mass is 16.5. The standard InChI is InChI=1S/C19H26N2O4/c1-5-24-19(22)16(11-20)13-21-12-15-6-7-17(18(10-15)23-4)25-9-8-14(2)3/h6-7,10,13-14,21H,5,8-9,12H2,1-4H3/b16-13-. The second-order valence-corrected chi connectivity index (χ2v) is 5.79. The van der Waals surface area contributed by atoms with Gasteiger partial charge in [-0.25, -0.2) is 4.79 Å². The van der Waals surface area contributed by atoms with Gasteiger partial charge in [-0.05, 0) is 37.0 Å². The minimum atomic E-state index is -0.635. The fourth-order valence-corrected chi connectivity index (χ4v) is 1.96. The Bertz CT molecular complexity index is 633. The van der Waals surface area contributed by atoms with E-state index in [4.69, 9.17) is 19.5 Å². The van der Waals surface area contributed by atoms with Crippen molar-refractivity contribution in [2.45, 2.75) is 33.7 Å². The Labute approximate surface area is 149 Å². The minimum Gasteiger partial charge on any atom is -0.493 e. The van der Waals surface area contributed by atoms with Crippen LogP contribution in [0.3, 0.4) is 0 Å². The molecule has 0 amide bonds. The average Bonchev–Trinajstić information content (AvgIpc) is 2.59. The molecule has 1 rings (SSSR count). The predicted octanol–water partition coefficient (Wildman–Crippen LogP) is 3.18. The molecular weight excluding hydrogens is 320 g/mol. The largest absolute Gasteiger partial charge is 0.493 e. The first kappa shape index (κ1) is 20.4. The number of hydrogen-bond acceptors (Lipinski definition) is 6. The number of benzene rings is 1. The number of nitrogens with zero attached hydrogens (tertiary/aromatic N) is 1. The Kier molecular flexibility index (Phi) is 8.94. The molecule has 1 aromatic carbocycles. The Hall–Kier alpha value is -2.68. The molecule has 0 saturated carbocycles. The number of carbonyl (C=O) groups excluding carboxylic acids is 1. The van der Waals surface area contributed by atoms with Gasteiger partial charge in [0.1, 0.15) is 6.07 Å². The normalized spacial score (nSPS) is 11.0. The van der Waals surface area contributed by atoms with Crippen LogP contribution in [0, 0.1) is 17.2 Å². The molecule has 0 aliphatic carbocycles. The van der Waals surface area contributed by atoms with Crippen molar-refractivity contribution in [3.63, 3.8) is 0 Å². The summed E-state index contributed by atoms with van der Waals surface area (Å²) in [6.07, 6.45) is 2.33. The van der Waals surface area contributed by atoms with Crippen molar-refractivity contribution in [2.24, 2.45) is 5.92 Å². The molecule has 6 heteroatoms. The molecule has 25 heavy (non-hydrogen) atoms. The molecule has 1 aromatic rings. The molecule has 0 spiro atoms. The summed E-state index contributed by atoms with van der Waals surface area (Å²) in [6, 6.07) is 7.44. The Morgan fingerprint density at radius 2 is 2.12 bits per heavy atom. The number of rotatable bonds is 10. The summed E-state index contributed by atoms with van der Waals surface area (Å²) >= 11 is 0. The van der Waals surface area contributed by atoms with Crippen molar-refractivity contribution in [1.29, 1.82) is 5.26 Å². The van der Waals surface area contributed by atoms with Crippen molar-refractivity contribution >= 4 is 5.97 Å². The van der Waals surface area contributed by atoms with Gasteiger partial charge in [0.05, 0.1) is 20.3 Å². The summed E-state index contributed by atoms with van der Waals surface area (Å²) < 4.78 is 15.9. The molecule has 0 unspecified atom stereocenters. The molecule has 0 radical (unpaired) electrons. The maximum atomic E-state index is 11.5. The van der Waals surface area contributed by atoms with Crippen LogP contribution in [0.5, 0.6) is 11.5 Å². The van der Waals surface area contributed by atoms with E-state index in [1.54, 1.807) is 14.0 Å². The molecule has 0 bridgehead atoms. The van der Waals surface area contributed by atoms with E-state index in [-0.39, 0.29) is 12.2 Å². The van der Waals surface area contributed by atoms with Crippen molar-refractivity contribution in [3.05, 3.63) is 35.5 Å². The maximum absolute atomic E-state index is 11.5. The zero-order chi connectivity index (χ0) is 18.7. The summed E-state index contributed by atoms with van der Waals surface area (Å²) in [5.41, 5.74) is 0.868. The Morgan fingerprint density at radius 3 is 2.72 bits per heavy atom. The number of nitrogens with one attached hydrogen (secondary N) is 1. The number of esters is 1. The summed E-state index contributed by atoms with van der Waals surface area (Å²) in [5.74, 6) is 1.29. The smallest absolute Gasteiger partial charge is 0.350 e. The lowest BCUT2D eigenvalue weighted by molar-refractivity contribution is -0.138. The van der Waals surface area contributed by atoms with Gasteiger partial charge in [-0.15, -0.1) is 0 Å². The highest BCUT2D eigenvalue weighted by molar-refractivity contribution is 5.92. The van der Waals surface area contributed by atoms with Crippen LogP contribution in [0.25, 0.3) is 0 Å². The highest BCUT2D eigenvalue weighted by Crippen LogP contribution is 2.28. The third-order valence-electron chi connectivity index (χ3n) is 3.35. The first-order valence-electron chi connectivity index (χ1n) is 8.32. The van der Waals surface area contributed by atoms with E-state index in [1.165, 1.54) is 6.20 Å². The zero-order valence-corrected chi connectivity index (χ0v) is 15.3. The lowest BCUT2D eigenvalue weighted by Gasteiger charge is -2.13. The van der Waals surface area contributed by atoms with Crippen LogP contribution in [0.2, 0.25) is 0 Å². The van der Waals surface area contributed by atoms with E-state index in [2.05, 4.69) is 19.2 Å². The van der Waals surface area contributed by atoms with Crippen LogP contribution in [0.4, 0.5) is 0 Å². The number of methoxy groups -OCH3 is 1. The van der Waals surface area contributed by atoms with Gasteiger partial charge in [-0.2, -0.15) is 5.26 Å². The first-order valence-corrected chi connectivity index (χ1v) is 8.32. The van der Waals surface area contributed by atoms with Crippen LogP contribution in [-0.4, -0.2) is 26.3 Å². The van der Waals surface area contributed by atoms with E-state index in [0.717, 1.165) is 12.0 Å². The van der Waals surface area contributed by atoms with Gasteiger partial charge >= 0.3 is 5.97 Å². The van der Waals surface area contributed by atoms with Gasteiger partial charge in [0.2, 0.25) is 0 Å². The topological polar surface area (TPSA) is 80.6 Å². The minimum absolute atomic E-state index is 0.0672. The van der Waals surface area contributed by atoms with Crippen LogP contribution in [0.15, 0.2) is 30.0 Å². The molecule has 0 aliphatic heterocycles. The highest BCUT2D eigenvalue weighted by Gasteiger charge is 2.09. The lowest BCUT2D eigenvalue weighted by Crippen LogP contribution is -2.12. The number of carbonyl (C=O) groups is 1. The second kappa shape index (κ2) is 11.0. The summed E-state index contributed by atoms with van der Waals surface area (Å²) in [7, 11) is 1.59. The second-order valence-electron chi connectivity index (χ2n) is 5.79. The molecule has 0 saturated heterocycles. The summed E-state index contributed by atoms with van der Waals surface area (Å²) in [6.45, 7) is 7.29. The molecule has 1 N–H and O–H groups in total. The third kappa shape index (κ3) is 7.17. The molecular formula is C19H26N2O4. The van der Waals surface area contributed by atoms with E-state index in [9.17, 15) is 4.79 Å². The third-order valence-corrected chi connectivity index (χ3v) is 3.35. The van der Waals surface area contributed by atoms with Gasteiger partial charge in [-0.1, -0.05) is 19.9 Å². The van der Waals surface area contributed by atoms with Crippen LogP contribution < -0.4 is 14.8 Å². The number of ether oxygens (including phenoxy) is 3. The van der Waals surface area contributed by atoms with Gasteiger partial charge in [0, 0.05) is 12.7 Å². The molecule has 0 fully saturated rings. The van der Waals surface area contributed by atoms with Crippen molar-refractivity contribution < 1.29 is 19.0 Å². The molecule has 0 aliphatic rings. The predicted molar refractivity (Wildman–Crippen MR) is 95.1 cm³/mol. The van der Waals surface area contributed by atoms with Crippen LogP contribution in [-0.2, 0) is 16.1 Å². The molecule has 0 heterocycles. The SMILES string of the molecule is CCOC(=O)/C(C#N)=C\NCc1ccc(OCCC(C)C)c(OC)c1. The van der Waals surface area contributed by atoms with Gasteiger partial charge in [0.15, 0.2) is 17.1 Å². The lowest BCUT2D eigenvalue weighted by atomic mass is 10.1. The molecule has 0 atom stereocenters. The van der Waals surface area contributed by atoms with Gasteiger partial charge < -0.3 is 19.5 Å². The van der Waals surface area contributed by atoms with E-state index in [1.807, 2.05) is 24.3 Å². The van der Waals surface area contributed by atoms with E-state index >= 15 is 0 Å². The molecule has 6 nitrogen and oxygen atoms in total. The molecule has 136 valence electrons.